The van der Waals surface area contributed by atoms with E-state index in [9.17, 15) is 8.76 Å². The van der Waals surface area contributed by atoms with Crippen LogP contribution in [0.5, 0.6) is 0 Å². The summed E-state index contributed by atoms with van der Waals surface area (Å²) >= 11 is -1.90. The lowest BCUT2D eigenvalue weighted by Crippen LogP contribution is -2.34. The summed E-state index contributed by atoms with van der Waals surface area (Å²) in [6.45, 7) is 3.73. The van der Waals surface area contributed by atoms with Gasteiger partial charge in [0.1, 0.15) is 0 Å². The van der Waals surface area contributed by atoms with Crippen LogP contribution in [0.2, 0.25) is 0 Å². The van der Waals surface area contributed by atoms with Gasteiger partial charge >= 0.3 is 0 Å². The molecule has 1 heterocycles. The minimum absolute atomic E-state index is 0.227. The van der Waals surface area contributed by atoms with Crippen LogP contribution in [0.1, 0.15) is 12.8 Å². The minimum atomic E-state index is -1.90. The zero-order chi connectivity index (χ0) is 9.52. The molecule has 1 unspecified atom stereocenters. The van der Waals surface area contributed by atoms with Crippen molar-refractivity contribution >= 4 is 11.1 Å². The van der Waals surface area contributed by atoms with Crippen LogP contribution < -0.4 is 10.6 Å². The topological polar surface area (TPSA) is 64.2 Å². The number of nitrogens with one attached hydrogen (secondary N) is 2. The predicted octanol–water partition coefficient (Wildman–Crippen LogP) is -0.545. The van der Waals surface area contributed by atoms with Crippen molar-refractivity contribution < 1.29 is 8.76 Å². The first-order valence-corrected chi connectivity index (χ1v) is 6.00. The van der Waals surface area contributed by atoms with Gasteiger partial charge in [-0.1, -0.05) is 11.1 Å². The third-order valence-corrected chi connectivity index (χ3v) is 2.87. The third kappa shape index (κ3) is 5.36. The molecule has 2 N–H and O–H groups in total. The van der Waals surface area contributed by atoms with Crippen molar-refractivity contribution in [1.82, 2.24) is 10.6 Å². The highest BCUT2D eigenvalue weighted by molar-refractivity contribution is 7.79. The number of hydrogen-bond acceptors (Lipinski definition) is 4. The second kappa shape index (κ2) is 6.48. The van der Waals surface area contributed by atoms with Crippen LogP contribution >= 0.6 is 0 Å². The second-order valence-electron chi connectivity index (χ2n) is 3.41. The van der Waals surface area contributed by atoms with Gasteiger partial charge in [0.05, 0.1) is 0 Å². The number of hydrogen-bond donors (Lipinski definition) is 2. The van der Waals surface area contributed by atoms with E-state index in [1.165, 1.54) is 12.8 Å². The smallest absolute Gasteiger partial charge is 0.0227 e. The molecule has 13 heavy (non-hydrogen) atoms. The Morgan fingerprint density at radius 1 is 1.46 bits per heavy atom. The third-order valence-electron chi connectivity index (χ3n) is 2.34. The van der Waals surface area contributed by atoms with E-state index in [1.807, 2.05) is 0 Å². The Labute approximate surface area is 81.8 Å². The Hall–Kier alpha value is 0.0300. The maximum atomic E-state index is 10.2. The van der Waals surface area contributed by atoms with Crippen molar-refractivity contribution in [2.45, 2.75) is 12.8 Å². The van der Waals surface area contributed by atoms with Crippen LogP contribution in [0, 0.1) is 5.92 Å². The van der Waals surface area contributed by atoms with Gasteiger partial charge in [0.15, 0.2) is 0 Å². The van der Waals surface area contributed by atoms with E-state index in [0.29, 0.717) is 6.54 Å². The second-order valence-corrected chi connectivity index (χ2v) is 4.42. The van der Waals surface area contributed by atoms with Crippen LogP contribution in [0.25, 0.3) is 0 Å². The summed E-state index contributed by atoms with van der Waals surface area (Å²) in [5.74, 6) is 0.951. The molecule has 0 bridgehead atoms. The molecular formula is C8H17N2O2S-. The Bertz CT molecular complexity index is 160. The lowest BCUT2D eigenvalue weighted by molar-refractivity contribution is 0.359. The van der Waals surface area contributed by atoms with E-state index in [0.717, 1.165) is 25.6 Å². The van der Waals surface area contributed by atoms with Crippen LogP contribution in [0.3, 0.4) is 0 Å². The molecule has 4 nitrogen and oxygen atoms in total. The van der Waals surface area contributed by atoms with Gasteiger partial charge in [0.25, 0.3) is 0 Å². The molecule has 0 aromatic rings. The van der Waals surface area contributed by atoms with Crippen LogP contribution in [-0.4, -0.2) is 40.7 Å². The van der Waals surface area contributed by atoms with E-state index in [4.69, 9.17) is 0 Å². The Balaban J connectivity index is 1.95. The van der Waals surface area contributed by atoms with E-state index in [2.05, 4.69) is 10.6 Å². The Kier molecular flexibility index (Phi) is 5.54. The molecule has 1 rings (SSSR count). The molecule has 0 amide bonds. The van der Waals surface area contributed by atoms with E-state index < -0.39 is 11.1 Å². The first kappa shape index (κ1) is 11.1. The summed E-state index contributed by atoms with van der Waals surface area (Å²) in [5.41, 5.74) is 0. The molecule has 78 valence electrons. The largest absolute Gasteiger partial charge is 0.772 e. The fourth-order valence-electron chi connectivity index (χ4n) is 1.55. The molecule has 1 aliphatic heterocycles. The summed E-state index contributed by atoms with van der Waals surface area (Å²) in [7, 11) is 0. The van der Waals surface area contributed by atoms with Crippen molar-refractivity contribution in [3.63, 3.8) is 0 Å². The molecule has 1 saturated heterocycles. The minimum Gasteiger partial charge on any atom is -0.772 e. The van der Waals surface area contributed by atoms with Crippen LogP contribution in [0.15, 0.2) is 0 Å². The molecule has 1 atom stereocenters. The number of rotatable bonds is 5. The van der Waals surface area contributed by atoms with Gasteiger partial charge in [-0.05, 0) is 38.4 Å². The van der Waals surface area contributed by atoms with E-state index in [1.54, 1.807) is 0 Å². The Morgan fingerprint density at radius 2 is 2.15 bits per heavy atom. The van der Waals surface area contributed by atoms with Crippen molar-refractivity contribution in [1.29, 1.82) is 0 Å². The Morgan fingerprint density at radius 3 is 2.77 bits per heavy atom. The van der Waals surface area contributed by atoms with E-state index in [-0.39, 0.29) is 5.75 Å². The van der Waals surface area contributed by atoms with Crippen molar-refractivity contribution in [3.8, 4) is 0 Å². The van der Waals surface area contributed by atoms with Crippen molar-refractivity contribution in [3.05, 3.63) is 0 Å². The highest BCUT2D eigenvalue weighted by Crippen LogP contribution is 2.09. The van der Waals surface area contributed by atoms with Gasteiger partial charge in [-0.2, -0.15) is 0 Å². The maximum absolute atomic E-state index is 10.2. The summed E-state index contributed by atoms with van der Waals surface area (Å²) < 4.78 is 20.4. The van der Waals surface area contributed by atoms with Crippen LogP contribution in [0.4, 0.5) is 0 Å². The normalized spacial score (nSPS) is 21.6. The molecule has 0 aliphatic carbocycles. The zero-order valence-electron chi connectivity index (χ0n) is 7.75. The van der Waals surface area contributed by atoms with Gasteiger partial charge < -0.3 is 15.2 Å². The molecular weight excluding hydrogens is 188 g/mol. The summed E-state index contributed by atoms with van der Waals surface area (Å²) in [6, 6.07) is 0. The van der Waals surface area contributed by atoms with Crippen molar-refractivity contribution in [2.24, 2.45) is 5.92 Å². The molecule has 0 aromatic heterocycles. The van der Waals surface area contributed by atoms with Gasteiger partial charge in [-0.25, -0.2) is 0 Å². The molecule has 0 saturated carbocycles. The molecule has 0 radical (unpaired) electrons. The maximum Gasteiger partial charge on any atom is 0.0227 e. The molecule has 1 aliphatic rings. The van der Waals surface area contributed by atoms with Gasteiger partial charge in [-0.15, -0.1) is 0 Å². The van der Waals surface area contributed by atoms with Crippen LogP contribution in [-0.2, 0) is 11.1 Å². The summed E-state index contributed by atoms with van der Waals surface area (Å²) in [5, 5.41) is 6.46. The summed E-state index contributed by atoms with van der Waals surface area (Å²) in [4.78, 5) is 0. The fraction of sp³-hybridized carbons (Fsp3) is 1.00. The molecule has 5 heteroatoms. The average Bonchev–Trinajstić information content (AvgIpc) is 2.14. The first-order valence-electron chi connectivity index (χ1n) is 4.76. The quantitative estimate of drug-likeness (QED) is 0.467. The molecule has 0 spiro atoms. The van der Waals surface area contributed by atoms with Gasteiger partial charge in [-0.3, -0.25) is 4.21 Å². The number of piperidine rings is 1. The standard InChI is InChI=1S/C8H18N2O2S/c11-13(12)6-5-10-7-8-1-3-9-4-2-8/h8-10H,1-7H2,(H,11,12)/p-1. The first-order chi connectivity index (χ1) is 6.29. The summed E-state index contributed by atoms with van der Waals surface area (Å²) in [6.07, 6.45) is 2.40. The van der Waals surface area contributed by atoms with Gasteiger partial charge in [0, 0.05) is 12.3 Å². The fourth-order valence-corrected chi connectivity index (χ4v) is 1.86. The highest BCUT2D eigenvalue weighted by atomic mass is 32.2. The van der Waals surface area contributed by atoms with E-state index >= 15 is 0 Å². The lowest BCUT2D eigenvalue weighted by Gasteiger charge is -2.22. The predicted molar refractivity (Wildman–Crippen MR) is 52.3 cm³/mol. The molecule has 1 fully saturated rings. The monoisotopic (exact) mass is 205 g/mol. The molecule has 0 aromatic carbocycles. The van der Waals surface area contributed by atoms with Crippen molar-refractivity contribution in [2.75, 3.05) is 31.9 Å². The van der Waals surface area contributed by atoms with Gasteiger partial charge in [0.2, 0.25) is 0 Å². The zero-order valence-corrected chi connectivity index (χ0v) is 8.57. The highest BCUT2D eigenvalue weighted by Gasteiger charge is 2.11. The SMILES string of the molecule is O=S([O-])CCNCC1CCNCC1. The lowest BCUT2D eigenvalue weighted by atomic mass is 9.98. The average molecular weight is 205 g/mol.